The van der Waals surface area contributed by atoms with Gasteiger partial charge >= 0.3 is 0 Å². The molecule has 0 aliphatic rings. The van der Waals surface area contributed by atoms with Crippen LogP contribution in [-0.4, -0.2) is 15.0 Å². The van der Waals surface area contributed by atoms with Crippen LogP contribution in [0.3, 0.4) is 0 Å². The van der Waals surface area contributed by atoms with Crippen LogP contribution < -0.4 is 0 Å². The zero-order valence-corrected chi connectivity index (χ0v) is 24.8. The SMILES string of the molecule is [C-]#[N+]c1c(F)c(F)c(-c2cc3c(-c4ccccc4)nc4ccccc4c3c3nc(-c4ccccc4)c(-c4ccccc4)nc23)c(F)c1F. The number of hydrogen-bond donors (Lipinski definition) is 0. The van der Waals surface area contributed by atoms with E-state index in [2.05, 4.69) is 4.85 Å². The predicted molar refractivity (Wildman–Crippen MR) is 180 cm³/mol. The van der Waals surface area contributed by atoms with Gasteiger partial charge in [-0.25, -0.2) is 37.4 Å². The van der Waals surface area contributed by atoms with Gasteiger partial charge in [0, 0.05) is 38.4 Å². The Morgan fingerprint density at radius 3 is 1.50 bits per heavy atom. The molecule has 48 heavy (non-hydrogen) atoms. The molecule has 4 nitrogen and oxygen atoms in total. The van der Waals surface area contributed by atoms with Gasteiger partial charge in [0.25, 0.3) is 5.69 Å². The summed E-state index contributed by atoms with van der Waals surface area (Å²) in [5.41, 5.74) is 1.81. The molecule has 0 radical (unpaired) electrons. The highest BCUT2D eigenvalue weighted by atomic mass is 19.2. The second kappa shape index (κ2) is 11.4. The van der Waals surface area contributed by atoms with E-state index in [9.17, 15) is 0 Å². The van der Waals surface area contributed by atoms with Crippen LogP contribution in [0.25, 0.3) is 82.5 Å². The molecule has 0 aliphatic heterocycles. The molecule has 0 unspecified atom stereocenters. The molecule has 0 saturated carbocycles. The Bertz CT molecular complexity index is 2570. The molecule has 228 valence electrons. The summed E-state index contributed by atoms with van der Waals surface area (Å²) >= 11 is 0. The van der Waals surface area contributed by atoms with Crippen molar-refractivity contribution >= 4 is 38.4 Å². The molecule has 0 spiro atoms. The molecular formula is C40H20F4N4. The van der Waals surface area contributed by atoms with Crippen LogP contribution in [0, 0.1) is 29.8 Å². The first-order valence-electron chi connectivity index (χ1n) is 14.9. The molecule has 0 amide bonds. The molecule has 8 rings (SSSR count). The lowest BCUT2D eigenvalue weighted by molar-refractivity contribution is 0.465. The van der Waals surface area contributed by atoms with Crippen molar-refractivity contribution in [3.63, 3.8) is 0 Å². The lowest BCUT2D eigenvalue weighted by atomic mass is 9.92. The van der Waals surface area contributed by atoms with E-state index in [0.717, 1.165) is 5.56 Å². The maximum atomic E-state index is 16.0. The van der Waals surface area contributed by atoms with E-state index in [4.69, 9.17) is 21.5 Å². The first-order chi connectivity index (χ1) is 23.5. The van der Waals surface area contributed by atoms with E-state index in [1.807, 2.05) is 115 Å². The summed E-state index contributed by atoms with van der Waals surface area (Å²) in [4.78, 5) is 17.9. The summed E-state index contributed by atoms with van der Waals surface area (Å²) in [5, 5.41) is 1.74. The third-order valence-corrected chi connectivity index (χ3v) is 8.37. The Morgan fingerprint density at radius 2 is 0.958 bits per heavy atom. The van der Waals surface area contributed by atoms with Crippen LogP contribution in [0.5, 0.6) is 0 Å². The second-order valence-electron chi connectivity index (χ2n) is 11.1. The third kappa shape index (κ3) is 4.48. The van der Waals surface area contributed by atoms with Crippen LogP contribution >= 0.6 is 0 Å². The minimum atomic E-state index is -1.79. The Labute approximate surface area is 271 Å². The second-order valence-corrected chi connectivity index (χ2v) is 11.1. The van der Waals surface area contributed by atoms with Crippen LogP contribution in [-0.2, 0) is 0 Å². The average molecular weight is 633 g/mol. The van der Waals surface area contributed by atoms with Gasteiger partial charge in [-0.1, -0.05) is 109 Å². The number of fused-ring (bicyclic) bond motifs is 5. The van der Waals surface area contributed by atoms with Crippen molar-refractivity contribution in [2.45, 2.75) is 0 Å². The van der Waals surface area contributed by atoms with Crippen LogP contribution in [0.4, 0.5) is 23.2 Å². The number of aromatic nitrogens is 3. The largest absolute Gasteiger partial charge is 0.262 e. The van der Waals surface area contributed by atoms with Gasteiger partial charge in [-0.2, -0.15) is 0 Å². The number of rotatable bonds is 4. The summed E-state index contributed by atoms with van der Waals surface area (Å²) < 4.78 is 62.4. The maximum absolute atomic E-state index is 16.0. The molecule has 0 atom stereocenters. The Hall–Kier alpha value is -6.46. The quantitative estimate of drug-likeness (QED) is 0.0839. The molecule has 8 heteroatoms. The topological polar surface area (TPSA) is 43.0 Å². The lowest BCUT2D eigenvalue weighted by Gasteiger charge is -2.18. The number of halogens is 4. The smallest absolute Gasteiger partial charge is 0.247 e. The number of hydrogen-bond acceptors (Lipinski definition) is 3. The minimum Gasteiger partial charge on any atom is -0.247 e. The van der Waals surface area contributed by atoms with Crippen LogP contribution in [0.15, 0.2) is 121 Å². The van der Waals surface area contributed by atoms with Crippen LogP contribution in [0.1, 0.15) is 0 Å². The van der Waals surface area contributed by atoms with E-state index in [1.54, 1.807) is 0 Å². The first kappa shape index (κ1) is 29.0. The van der Waals surface area contributed by atoms with Crippen LogP contribution in [0.2, 0.25) is 0 Å². The molecule has 2 heterocycles. The zero-order chi connectivity index (χ0) is 32.9. The first-order valence-corrected chi connectivity index (χ1v) is 14.9. The van der Waals surface area contributed by atoms with Crippen molar-refractivity contribution in [2.75, 3.05) is 0 Å². The minimum absolute atomic E-state index is 0.0172. The van der Waals surface area contributed by atoms with E-state index in [-0.39, 0.29) is 16.6 Å². The number of pyridine rings is 1. The molecule has 8 aromatic rings. The highest BCUT2D eigenvalue weighted by molar-refractivity contribution is 6.24. The summed E-state index contributed by atoms with van der Waals surface area (Å²) in [5.74, 6) is -6.98. The summed E-state index contributed by atoms with van der Waals surface area (Å²) in [6, 6.07) is 36.7. The molecule has 0 N–H and O–H groups in total. The molecule has 6 aromatic carbocycles. The maximum Gasteiger partial charge on any atom is 0.262 e. The number of benzene rings is 6. The Balaban J connectivity index is 1.65. The fourth-order valence-corrected chi connectivity index (χ4v) is 6.19. The molecule has 0 fully saturated rings. The molecule has 0 saturated heterocycles. The van der Waals surface area contributed by atoms with Gasteiger partial charge in [0.05, 0.1) is 45.8 Å². The number of nitrogens with zero attached hydrogens (tertiary/aromatic N) is 4. The number of para-hydroxylation sites is 1. The van der Waals surface area contributed by atoms with Crippen molar-refractivity contribution < 1.29 is 17.6 Å². The van der Waals surface area contributed by atoms with Gasteiger partial charge in [0.15, 0.2) is 23.3 Å². The molecular weight excluding hydrogens is 612 g/mol. The average Bonchev–Trinajstić information content (AvgIpc) is 3.14. The van der Waals surface area contributed by atoms with Crippen molar-refractivity contribution in [3.8, 4) is 44.9 Å². The van der Waals surface area contributed by atoms with Gasteiger partial charge < -0.3 is 0 Å². The van der Waals surface area contributed by atoms with E-state index >= 15 is 17.6 Å². The van der Waals surface area contributed by atoms with E-state index in [0.29, 0.717) is 49.9 Å². The van der Waals surface area contributed by atoms with Gasteiger partial charge in [-0.3, -0.25) is 0 Å². The Morgan fingerprint density at radius 1 is 0.479 bits per heavy atom. The van der Waals surface area contributed by atoms with Crippen molar-refractivity contribution in [1.82, 2.24) is 15.0 Å². The van der Waals surface area contributed by atoms with Crippen molar-refractivity contribution in [3.05, 3.63) is 156 Å². The molecule has 0 bridgehead atoms. The monoisotopic (exact) mass is 632 g/mol. The molecule has 2 aromatic heterocycles. The third-order valence-electron chi connectivity index (χ3n) is 8.37. The lowest BCUT2D eigenvalue weighted by Crippen LogP contribution is -2.04. The highest BCUT2D eigenvalue weighted by Crippen LogP contribution is 2.45. The van der Waals surface area contributed by atoms with Gasteiger partial charge in [-0.15, -0.1) is 0 Å². The van der Waals surface area contributed by atoms with E-state index < -0.39 is 34.5 Å². The van der Waals surface area contributed by atoms with Gasteiger partial charge in [0.2, 0.25) is 0 Å². The summed E-state index contributed by atoms with van der Waals surface area (Å²) in [6.07, 6.45) is 0. The fourth-order valence-electron chi connectivity index (χ4n) is 6.19. The van der Waals surface area contributed by atoms with Gasteiger partial charge in [-0.05, 0) is 12.1 Å². The predicted octanol–water partition coefficient (Wildman–Crippen LogP) is 11.1. The summed E-state index contributed by atoms with van der Waals surface area (Å²) in [7, 11) is 0. The standard InChI is InChI=1S/C40H20F4N4/c1-45-40-33(43)31(41)30(32(42)34(40)44)27-21-26-29(25-19-11-12-20-28(25)46-35(26)22-13-5-2-6-14-22)39-38(27)47-36(23-15-7-3-8-16-23)37(48-39)24-17-9-4-10-18-24/h2-21H. The summed E-state index contributed by atoms with van der Waals surface area (Å²) in [6.45, 7) is 7.14. The Kier molecular flexibility index (Phi) is 6.89. The van der Waals surface area contributed by atoms with Crippen molar-refractivity contribution in [1.29, 1.82) is 0 Å². The zero-order valence-electron chi connectivity index (χ0n) is 24.8. The highest BCUT2D eigenvalue weighted by Gasteiger charge is 2.30. The van der Waals surface area contributed by atoms with Gasteiger partial charge in [0.1, 0.15) is 0 Å². The van der Waals surface area contributed by atoms with E-state index in [1.165, 1.54) is 6.07 Å². The van der Waals surface area contributed by atoms with Crippen molar-refractivity contribution in [2.24, 2.45) is 0 Å². The normalized spacial score (nSPS) is 11.3. The molecule has 0 aliphatic carbocycles. The fraction of sp³-hybridized carbons (Fsp3) is 0.